The van der Waals surface area contributed by atoms with Crippen molar-refractivity contribution in [2.24, 2.45) is 10.7 Å². The number of nitrogens with zero attached hydrogens (tertiary/aromatic N) is 2. The molecular weight excluding hydrogens is 214 g/mol. The number of aromatic nitrogens is 1. The molecule has 0 saturated heterocycles. The Morgan fingerprint density at radius 2 is 1.94 bits per heavy atom. The van der Waals surface area contributed by atoms with Gasteiger partial charge in [0, 0.05) is 23.6 Å². The molecule has 5 N–H and O–H groups in total. The van der Waals surface area contributed by atoms with Crippen LogP contribution >= 0.6 is 0 Å². The number of guanidine groups is 1. The number of hydrogen-bond donors (Lipinski definition) is 3. The molecule has 86 valence electrons. The highest BCUT2D eigenvalue weighted by atomic mass is 15.1. The minimum Gasteiger partial charge on any atom is -0.399 e. The highest BCUT2D eigenvalue weighted by molar-refractivity contribution is 5.93. The molecule has 2 aromatic rings. The average molecular weight is 227 g/mol. The molecule has 2 rings (SSSR count). The molecule has 0 radical (unpaired) electrons. The van der Waals surface area contributed by atoms with Crippen molar-refractivity contribution in [1.82, 2.24) is 4.98 Å². The number of pyridine rings is 1. The second-order valence-electron chi connectivity index (χ2n) is 3.44. The van der Waals surface area contributed by atoms with E-state index >= 15 is 0 Å². The summed E-state index contributed by atoms with van der Waals surface area (Å²) in [6, 6.07) is 12.9. The molecule has 1 aromatic carbocycles. The van der Waals surface area contributed by atoms with Crippen LogP contribution in [0, 0.1) is 0 Å². The first kappa shape index (κ1) is 10.9. The van der Waals surface area contributed by atoms with Crippen LogP contribution in [0.4, 0.5) is 17.2 Å². The first-order valence-electron chi connectivity index (χ1n) is 5.12. The quantitative estimate of drug-likeness (QED) is 0.538. The minimum atomic E-state index is 0.273. The Labute approximate surface area is 99.2 Å². The van der Waals surface area contributed by atoms with Crippen LogP contribution in [-0.4, -0.2) is 10.9 Å². The summed E-state index contributed by atoms with van der Waals surface area (Å²) in [4.78, 5) is 8.14. The van der Waals surface area contributed by atoms with Gasteiger partial charge in [0.2, 0.25) is 0 Å². The summed E-state index contributed by atoms with van der Waals surface area (Å²) in [5.74, 6) is 0.750. The Kier molecular flexibility index (Phi) is 3.20. The monoisotopic (exact) mass is 227 g/mol. The molecule has 0 aliphatic heterocycles. The third-order valence-corrected chi connectivity index (χ3v) is 2.05. The van der Waals surface area contributed by atoms with Crippen molar-refractivity contribution < 1.29 is 0 Å². The van der Waals surface area contributed by atoms with Gasteiger partial charge in [0.25, 0.3) is 0 Å². The van der Waals surface area contributed by atoms with E-state index in [9.17, 15) is 0 Å². The van der Waals surface area contributed by atoms with Gasteiger partial charge in [-0.2, -0.15) is 4.99 Å². The predicted molar refractivity (Wildman–Crippen MR) is 70.0 cm³/mol. The topological polar surface area (TPSA) is 89.3 Å². The van der Waals surface area contributed by atoms with Crippen molar-refractivity contribution in [3.8, 4) is 0 Å². The number of nitrogen functional groups attached to an aromatic ring is 1. The Bertz CT molecular complexity index is 521. The van der Waals surface area contributed by atoms with E-state index in [-0.39, 0.29) is 5.96 Å². The fourth-order valence-electron chi connectivity index (χ4n) is 1.32. The summed E-state index contributed by atoms with van der Waals surface area (Å²) in [6.07, 6.45) is 1.59. The number of benzene rings is 1. The maximum Gasteiger partial charge on any atom is 0.199 e. The highest BCUT2D eigenvalue weighted by Crippen LogP contribution is 2.11. The smallest absolute Gasteiger partial charge is 0.199 e. The van der Waals surface area contributed by atoms with Gasteiger partial charge >= 0.3 is 0 Å². The number of anilines is 2. The lowest BCUT2D eigenvalue weighted by Gasteiger charge is -2.04. The second kappa shape index (κ2) is 4.98. The Morgan fingerprint density at radius 1 is 1.18 bits per heavy atom. The number of hydrogen-bond acceptors (Lipinski definition) is 3. The zero-order chi connectivity index (χ0) is 12.1. The molecule has 0 unspecified atom stereocenters. The van der Waals surface area contributed by atoms with Crippen molar-refractivity contribution in [3.05, 3.63) is 48.7 Å². The third-order valence-electron chi connectivity index (χ3n) is 2.05. The van der Waals surface area contributed by atoms with Gasteiger partial charge in [0.1, 0.15) is 0 Å². The van der Waals surface area contributed by atoms with Gasteiger partial charge in [-0.15, -0.1) is 0 Å². The number of nitrogens with one attached hydrogen (secondary N) is 1. The Hall–Kier alpha value is -2.56. The van der Waals surface area contributed by atoms with Crippen LogP contribution in [0.2, 0.25) is 0 Å². The molecular formula is C12H13N5. The van der Waals surface area contributed by atoms with Crippen LogP contribution in [0.25, 0.3) is 0 Å². The molecule has 1 aromatic heterocycles. The van der Waals surface area contributed by atoms with E-state index in [1.165, 1.54) is 0 Å². The molecule has 0 spiro atoms. The maximum atomic E-state index is 5.75. The normalized spacial score (nSPS) is 11.2. The number of rotatable bonds is 2. The van der Waals surface area contributed by atoms with Gasteiger partial charge in [0.15, 0.2) is 11.8 Å². The van der Waals surface area contributed by atoms with Crippen molar-refractivity contribution in [1.29, 1.82) is 0 Å². The molecule has 5 heteroatoms. The lowest BCUT2D eigenvalue weighted by Crippen LogP contribution is -2.21. The Morgan fingerprint density at radius 3 is 2.65 bits per heavy atom. The van der Waals surface area contributed by atoms with Gasteiger partial charge in [-0.25, -0.2) is 4.98 Å². The molecule has 17 heavy (non-hydrogen) atoms. The highest BCUT2D eigenvalue weighted by Gasteiger charge is 1.96. The largest absolute Gasteiger partial charge is 0.399 e. The van der Waals surface area contributed by atoms with E-state index in [0.717, 1.165) is 5.69 Å². The summed E-state index contributed by atoms with van der Waals surface area (Å²) in [7, 11) is 0. The number of aliphatic imine (C=N–C) groups is 1. The molecule has 0 atom stereocenters. The van der Waals surface area contributed by atoms with E-state index in [4.69, 9.17) is 11.5 Å². The van der Waals surface area contributed by atoms with Gasteiger partial charge in [0.05, 0.1) is 0 Å². The van der Waals surface area contributed by atoms with E-state index in [1.54, 1.807) is 18.3 Å². The van der Waals surface area contributed by atoms with Gasteiger partial charge in [-0.1, -0.05) is 18.2 Å². The van der Waals surface area contributed by atoms with Crippen LogP contribution in [0.3, 0.4) is 0 Å². The van der Waals surface area contributed by atoms with E-state index < -0.39 is 0 Å². The van der Waals surface area contributed by atoms with Crippen molar-refractivity contribution in [3.63, 3.8) is 0 Å². The number of nitrogens with two attached hydrogens (primary N) is 2. The lowest BCUT2D eigenvalue weighted by molar-refractivity contribution is 1.26. The molecule has 1 heterocycles. The molecule has 0 aliphatic rings. The fourth-order valence-corrected chi connectivity index (χ4v) is 1.32. The summed E-state index contributed by atoms with van der Waals surface area (Å²) in [6.45, 7) is 0. The first-order valence-corrected chi connectivity index (χ1v) is 5.12. The van der Waals surface area contributed by atoms with E-state index in [0.29, 0.717) is 11.5 Å². The van der Waals surface area contributed by atoms with Crippen LogP contribution < -0.4 is 16.8 Å². The summed E-state index contributed by atoms with van der Waals surface area (Å²) >= 11 is 0. The van der Waals surface area contributed by atoms with E-state index in [1.807, 2.05) is 30.3 Å². The summed E-state index contributed by atoms with van der Waals surface area (Å²) < 4.78 is 0. The van der Waals surface area contributed by atoms with Crippen LogP contribution in [0.15, 0.2) is 53.7 Å². The molecule has 0 amide bonds. The minimum absolute atomic E-state index is 0.273. The van der Waals surface area contributed by atoms with Gasteiger partial charge in [-0.05, 0) is 18.2 Å². The standard InChI is InChI=1S/C12H13N5/c13-9-6-7-15-11(8-9)17-12(14)16-10-4-2-1-3-5-10/h1-8H,(H5,13,14,15,16,17). The third kappa shape index (κ3) is 3.20. The number of para-hydroxylation sites is 1. The molecule has 0 saturated carbocycles. The van der Waals surface area contributed by atoms with Gasteiger partial charge < -0.3 is 16.8 Å². The van der Waals surface area contributed by atoms with Crippen molar-refractivity contribution in [2.45, 2.75) is 0 Å². The lowest BCUT2D eigenvalue weighted by atomic mass is 10.3. The van der Waals surface area contributed by atoms with Gasteiger partial charge in [-0.3, -0.25) is 0 Å². The predicted octanol–water partition coefficient (Wildman–Crippen LogP) is 1.72. The van der Waals surface area contributed by atoms with E-state index in [2.05, 4.69) is 15.3 Å². The molecule has 0 fully saturated rings. The van der Waals surface area contributed by atoms with Crippen LogP contribution in [-0.2, 0) is 0 Å². The van der Waals surface area contributed by atoms with Crippen LogP contribution in [0.1, 0.15) is 0 Å². The molecule has 0 aliphatic carbocycles. The van der Waals surface area contributed by atoms with Crippen LogP contribution in [0.5, 0.6) is 0 Å². The Balaban J connectivity index is 2.12. The first-order chi connectivity index (χ1) is 8.24. The summed E-state index contributed by atoms with van der Waals surface area (Å²) in [5.41, 5.74) is 12.8. The maximum absolute atomic E-state index is 5.75. The fraction of sp³-hybridized carbons (Fsp3) is 0. The van der Waals surface area contributed by atoms with Crippen molar-refractivity contribution in [2.75, 3.05) is 11.1 Å². The molecule has 0 bridgehead atoms. The zero-order valence-corrected chi connectivity index (χ0v) is 9.17. The molecule has 5 nitrogen and oxygen atoms in total. The SMILES string of the molecule is NC(=Nc1cc(N)ccn1)Nc1ccccc1. The average Bonchev–Trinajstić information content (AvgIpc) is 2.30. The van der Waals surface area contributed by atoms with Crippen molar-refractivity contribution >= 4 is 23.2 Å². The zero-order valence-electron chi connectivity index (χ0n) is 9.17. The summed E-state index contributed by atoms with van der Waals surface area (Å²) in [5, 5.41) is 2.96. The second-order valence-corrected chi connectivity index (χ2v) is 3.44.